The van der Waals surface area contributed by atoms with Crippen LogP contribution in [0, 0.1) is 0 Å². The molecule has 2 heteroatoms. The topological polar surface area (TPSA) is 25.8 Å². The largest absolute Gasteiger partial charge is 0.232 e. The van der Waals surface area contributed by atoms with Crippen molar-refractivity contribution in [3.05, 3.63) is 84.0 Å². The van der Waals surface area contributed by atoms with Gasteiger partial charge in [0.05, 0.1) is 11.4 Å². The lowest BCUT2D eigenvalue weighted by molar-refractivity contribution is 0.512. The predicted octanol–water partition coefficient (Wildman–Crippen LogP) is 7.24. The van der Waals surface area contributed by atoms with Crippen molar-refractivity contribution in [2.45, 2.75) is 60.3 Å². The molecule has 0 spiro atoms. The SMILES string of the molecule is C=C(/C=C\C=C/C)c1nc(C(/C=C\C)=C/C)cc(C(C)(C)CC=C(C)C)n1. The number of allylic oxidation sites excluding steroid dienone is 11. The molecule has 0 aliphatic carbocycles. The van der Waals surface area contributed by atoms with E-state index in [1.807, 2.05) is 51.2 Å². The van der Waals surface area contributed by atoms with Crippen LogP contribution in [0.3, 0.4) is 0 Å². The molecule has 0 atom stereocenters. The molecule has 2 nitrogen and oxygen atoms in total. The van der Waals surface area contributed by atoms with E-state index in [1.54, 1.807) is 0 Å². The van der Waals surface area contributed by atoms with Gasteiger partial charge in [-0.15, -0.1) is 0 Å². The van der Waals surface area contributed by atoms with E-state index in [-0.39, 0.29) is 5.41 Å². The highest BCUT2D eigenvalue weighted by molar-refractivity contribution is 5.74. The number of hydrogen-bond acceptors (Lipinski definition) is 2. The molecule has 0 fully saturated rings. The summed E-state index contributed by atoms with van der Waals surface area (Å²) in [5.41, 5.74) is 5.09. The maximum absolute atomic E-state index is 4.87. The van der Waals surface area contributed by atoms with Crippen LogP contribution in [0.15, 0.2) is 66.8 Å². The molecular formula is C25H34N2. The number of rotatable bonds is 8. The van der Waals surface area contributed by atoms with Crippen LogP contribution in [0.2, 0.25) is 0 Å². The molecule has 0 bridgehead atoms. The Bertz CT molecular complexity index is 796. The van der Waals surface area contributed by atoms with Gasteiger partial charge in [0.2, 0.25) is 0 Å². The maximum atomic E-state index is 4.87. The fraction of sp³-hybridized carbons (Fsp3) is 0.360. The van der Waals surface area contributed by atoms with Crippen molar-refractivity contribution >= 4 is 11.1 Å². The molecule has 0 unspecified atom stereocenters. The fourth-order valence-corrected chi connectivity index (χ4v) is 2.52. The van der Waals surface area contributed by atoms with Gasteiger partial charge in [0.1, 0.15) is 0 Å². The van der Waals surface area contributed by atoms with Crippen molar-refractivity contribution in [3.8, 4) is 0 Å². The molecule has 1 rings (SSSR count). The van der Waals surface area contributed by atoms with Crippen molar-refractivity contribution in [3.63, 3.8) is 0 Å². The van der Waals surface area contributed by atoms with Gasteiger partial charge < -0.3 is 0 Å². The van der Waals surface area contributed by atoms with Gasteiger partial charge in [-0.1, -0.05) is 74.6 Å². The molecule has 1 heterocycles. The van der Waals surface area contributed by atoms with E-state index in [9.17, 15) is 0 Å². The van der Waals surface area contributed by atoms with Crippen LogP contribution in [0.1, 0.15) is 72.1 Å². The molecule has 144 valence electrons. The van der Waals surface area contributed by atoms with E-state index < -0.39 is 0 Å². The summed E-state index contributed by atoms with van der Waals surface area (Å²) in [7, 11) is 0. The van der Waals surface area contributed by atoms with Gasteiger partial charge in [0.15, 0.2) is 5.82 Å². The Labute approximate surface area is 165 Å². The average molecular weight is 363 g/mol. The lowest BCUT2D eigenvalue weighted by Gasteiger charge is -2.24. The Hall–Kier alpha value is -2.48. The highest BCUT2D eigenvalue weighted by atomic mass is 14.9. The highest BCUT2D eigenvalue weighted by Gasteiger charge is 2.23. The quantitative estimate of drug-likeness (QED) is 0.360. The first-order chi connectivity index (χ1) is 12.7. The van der Waals surface area contributed by atoms with E-state index in [4.69, 9.17) is 9.97 Å². The van der Waals surface area contributed by atoms with Crippen molar-refractivity contribution < 1.29 is 0 Å². The summed E-state index contributed by atoms with van der Waals surface area (Å²) in [5, 5.41) is 0. The number of nitrogens with zero attached hydrogens (tertiary/aromatic N) is 2. The van der Waals surface area contributed by atoms with Crippen LogP contribution in [-0.4, -0.2) is 9.97 Å². The summed E-state index contributed by atoms with van der Waals surface area (Å²) in [4.78, 5) is 9.66. The first kappa shape index (κ1) is 22.6. The van der Waals surface area contributed by atoms with Gasteiger partial charge in [-0.25, -0.2) is 9.97 Å². The first-order valence-electron chi connectivity index (χ1n) is 9.56. The van der Waals surface area contributed by atoms with Gasteiger partial charge in [0, 0.05) is 11.0 Å². The normalized spacial score (nSPS) is 13.1. The van der Waals surface area contributed by atoms with Crippen molar-refractivity contribution in [2.75, 3.05) is 0 Å². The van der Waals surface area contributed by atoms with Gasteiger partial charge >= 0.3 is 0 Å². The third kappa shape index (κ3) is 6.97. The third-order valence-corrected chi connectivity index (χ3v) is 4.28. The molecule has 0 aromatic carbocycles. The Morgan fingerprint density at radius 1 is 1.04 bits per heavy atom. The summed E-state index contributed by atoms with van der Waals surface area (Å²) in [6.45, 7) is 18.9. The summed E-state index contributed by atoms with van der Waals surface area (Å²) in [5.74, 6) is 0.678. The van der Waals surface area contributed by atoms with Crippen LogP contribution in [-0.2, 0) is 5.41 Å². The monoisotopic (exact) mass is 362 g/mol. The van der Waals surface area contributed by atoms with E-state index in [0.717, 1.165) is 29.0 Å². The average Bonchev–Trinajstić information content (AvgIpc) is 2.64. The number of hydrogen-bond donors (Lipinski definition) is 0. The molecule has 27 heavy (non-hydrogen) atoms. The van der Waals surface area contributed by atoms with Crippen LogP contribution in [0.5, 0.6) is 0 Å². The van der Waals surface area contributed by atoms with Gasteiger partial charge in [-0.3, -0.25) is 0 Å². The molecule has 1 aromatic rings. The van der Waals surface area contributed by atoms with E-state index in [2.05, 4.69) is 58.6 Å². The molecule has 0 N–H and O–H groups in total. The van der Waals surface area contributed by atoms with Crippen molar-refractivity contribution in [1.29, 1.82) is 0 Å². The minimum absolute atomic E-state index is 0.0915. The summed E-state index contributed by atoms with van der Waals surface area (Å²) < 4.78 is 0. The van der Waals surface area contributed by atoms with Gasteiger partial charge in [0.25, 0.3) is 0 Å². The lowest BCUT2D eigenvalue weighted by atomic mass is 9.84. The molecule has 0 aliphatic heterocycles. The lowest BCUT2D eigenvalue weighted by Crippen LogP contribution is -2.20. The fourth-order valence-electron chi connectivity index (χ4n) is 2.52. The smallest absolute Gasteiger partial charge is 0.159 e. The first-order valence-corrected chi connectivity index (χ1v) is 9.56. The Kier molecular flexibility index (Phi) is 8.87. The Balaban J connectivity index is 3.52. The Morgan fingerprint density at radius 3 is 2.30 bits per heavy atom. The van der Waals surface area contributed by atoms with E-state index >= 15 is 0 Å². The maximum Gasteiger partial charge on any atom is 0.159 e. The standard InChI is InChI=1S/C25H34N2/c1-9-12-13-15-20(6)24-26-22(21(11-3)14-10-2)18-23(27-24)25(7,8)17-16-19(4)5/h9-16,18H,6,17H2,1-5,7-8H3/b12-9-,14-10-,15-13-,21-11+. The summed E-state index contributed by atoms with van der Waals surface area (Å²) >= 11 is 0. The van der Waals surface area contributed by atoms with Crippen molar-refractivity contribution in [2.24, 2.45) is 0 Å². The molecule has 0 aliphatic rings. The Morgan fingerprint density at radius 2 is 1.74 bits per heavy atom. The number of aromatic nitrogens is 2. The zero-order valence-corrected chi connectivity index (χ0v) is 18.0. The minimum atomic E-state index is -0.0915. The molecule has 0 saturated carbocycles. The summed E-state index contributed by atoms with van der Waals surface area (Å²) in [6, 6.07) is 2.11. The van der Waals surface area contributed by atoms with Crippen molar-refractivity contribution in [1.82, 2.24) is 9.97 Å². The highest BCUT2D eigenvalue weighted by Crippen LogP contribution is 2.29. The second-order valence-electron chi connectivity index (χ2n) is 7.49. The van der Waals surface area contributed by atoms with Gasteiger partial charge in [-0.2, -0.15) is 0 Å². The van der Waals surface area contributed by atoms with E-state index in [0.29, 0.717) is 5.82 Å². The van der Waals surface area contributed by atoms with E-state index in [1.165, 1.54) is 5.57 Å². The van der Waals surface area contributed by atoms with Crippen LogP contribution in [0.4, 0.5) is 0 Å². The molecule has 0 radical (unpaired) electrons. The van der Waals surface area contributed by atoms with Crippen LogP contribution in [0.25, 0.3) is 11.1 Å². The zero-order chi connectivity index (χ0) is 20.4. The minimum Gasteiger partial charge on any atom is -0.232 e. The molecule has 1 aromatic heterocycles. The second-order valence-corrected chi connectivity index (χ2v) is 7.49. The summed E-state index contributed by atoms with van der Waals surface area (Å²) in [6.07, 6.45) is 17.3. The predicted molar refractivity (Wildman–Crippen MR) is 121 cm³/mol. The molecule has 0 saturated heterocycles. The zero-order valence-electron chi connectivity index (χ0n) is 18.0. The third-order valence-electron chi connectivity index (χ3n) is 4.28. The molecular weight excluding hydrogens is 328 g/mol. The molecule has 0 amide bonds. The van der Waals surface area contributed by atoms with Crippen LogP contribution < -0.4 is 0 Å². The van der Waals surface area contributed by atoms with Crippen LogP contribution >= 0.6 is 0 Å². The van der Waals surface area contributed by atoms with Gasteiger partial charge in [-0.05, 0) is 52.7 Å². The second kappa shape index (κ2) is 10.6.